The predicted molar refractivity (Wildman–Crippen MR) is 120 cm³/mol. The summed E-state index contributed by atoms with van der Waals surface area (Å²) in [6, 6.07) is 8.48. The number of hydrogen-bond acceptors (Lipinski definition) is 5. The number of hydrogen-bond donors (Lipinski definition) is 2. The number of aromatic nitrogens is 1. The van der Waals surface area contributed by atoms with Crippen molar-refractivity contribution >= 4 is 22.7 Å². The standard InChI is InChI=1S/C24H28F3N5O2/c1-3-32(4-2)21(34)10-9-20(33)31-23(12-17(14-29-15-23)24(25,26)27)19-8-7-16(13-28)22-18(19)6-5-11-30-22/h5-8,11,17,29H,3-4,9-10,12,14-15H2,1-2H3,(H,31,33)/t17-,23-/m0/s1. The molecule has 34 heavy (non-hydrogen) atoms. The van der Waals surface area contributed by atoms with E-state index in [9.17, 15) is 28.0 Å². The van der Waals surface area contributed by atoms with Crippen molar-refractivity contribution in [2.45, 2.75) is 44.8 Å². The van der Waals surface area contributed by atoms with E-state index in [2.05, 4.69) is 21.7 Å². The first kappa shape index (κ1) is 25.4. The molecule has 2 N–H and O–H groups in total. The topological polar surface area (TPSA) is 98.1 Å². The van der Waals surface area contributed by atoms with Crippen molar-refractivity contribution in [2.75, 3.05) is 26.2 Å². The highest BCUT2D eigenvalue weighted by atomic mass is 19.4. The zero-order chi connectivity index (χ0) is 24.9. The van der Waals surface area contributed by atoms with E-state index in [0.29, 0.717) is 35.1 Å². The Morgan fingerprint density at radius 2 is 2.00 bits per heavy atom. The Kier molecular flexibility index (Phi) is 7.77. The third-order valence-electron chi connectivity index (χ3n) is 6.34. The number of rotatable bonds is 7. The summed E-state index contributed by atoms with van der Waals surface area (Å²) in [6.07, 6.45) is -3.48. The second-order valence-electron chi connectivity index (χ2n) is 8.44. The number of nitriles is 1. The summed E-state index contributed by atoms with van der Waals surface area (Å²) < 4.78 is 41.2. The molecule has 2 aromatic rings. The van der Waals surface area contributed by atoms with E-state index in [0.717, 1.165) is 0 Å². The number of piperidine rings is 1. The summed E-state index contributed by atoms with van der Waals surface area (Å²) in [5, 5.41) is 15.6. The molecule has 1 aliphatic rings. The molecule has 2 amide bonds. The van der Waals surface area contributed by atoms with Crippen molar-refractivity contribution < 1.29 is 22.8 Å². The van der Waals surface area contributed by atoms with Crippen LogP contribution in [0.5, 0.6) is 0 Å². The molecule has 7 nitrogen and oxygen atoms in total. The first-order chi connectivity index (χ1) is 16.1. The number of carbonyl (C=O) groups excluding carboxylic acids is 2. The van der Waals surface area contributed by atoms with E-state index in [1.54, 1.807) is 23.1 Å². The van der Waals surface area contributed by atoms with Gasteiger partial charge in [-0.25, -0.2) is 0 Å². The maximum atomic E-state index is 13.7. The monoisotopic (exact) mass is 475 g/mol. The van der Waals surface area contributed by atoms with Crippen LogP contribution in [-0.4, -0.2) is 54.1 Å². The van der Waals surface area contributed by atoms with Crippen LogP contribution < -0.4 is 10.6 Å². The van der Waals surface area contributed by atoms with Gasteiger partial charge in [-0.2, -0.15) is 18.4 Å². The maximum Gasteiger partial charge on any atom is 0.393 e. The Morgan fingerprint density at radius 3 is 2.65 bits per heavy atom. The average Bonchev–Trinajstić information content (AvgIpc) is 2.82. The molecule has 182 valence electrons. The summed E-state index contributed by atoms with van der Waals surface area (Å²) in [7, 11) is 0. The molecule has 2 atom stereocenters. The number of carbonyl (C=O) groups is 2. The normalized spacial score (nSPS) is 20.5. The van der Waals surface area contributed by atoms with Crippen LogP contribution in [-0.2, 0) is 15.1 Å². The third-order valence-corrected chi connectivity index (χ3v) is 6.34. The van der Waals surface area contributed by atoms with Crippen LogP contribution in [0.2, 0.25) is 0 Å². The second-order valence-corrected chi connectivity index (χ2v) is 8.44. The van der Waals surface area contributed by atoms with Gasteiger partial charge in [-0.1, -0.05) is 12.1 Å². The highest BCUT2D eigenvalue weighted by Gasteiger charge is 2.49. The maximum absolute atomic E-state index is 13.7. The zero-order valence-corrected chi connectivity index (χ0v) is 19.2. The average molecular weight is 476 g/mol. The molecule has 0 radical (unpaired) electrons. The molecule has 1 aromatic heterocycles. The number of pyridine rings is 1. The van der Waals surface area contributed by atoms with Crippen molar-refractivity contribution in [3.8, 4) is 6.07 Å². The van der Waals surface area contributed by atoms with Crippen LogP contribution in [0, 0.1) is 17.2 Å². The van der Waals surface area contributed by atoms with Crippen molar-refractivity contribution in [1.29, 1.82) is 5.26 Å². The SMILES string of the molecule is CCN(CC)C(=O)CCC(=O)N[C@]1(c2ccc(C#N)c3ncccc23)CNC[C@@H](C(F)(F)F)C1. The number of halogens is 3. The number of fused-ring (bicyclic) bond motifs is 1. The van der Waals surface area contributed by atoms with Gasteiger partial charge < -0.3 is 15.5 Å². The van der Waals surface area contributed by atoms with Gasteiger partial charge in [-0.05, 0) is 38.0 Å². The Bertz CT molecular complexity index is 1090. The summed E-state index contributed by atoms with van der Waals surface area (Å²) in [5.41, 5.74) is -0.272. The zero-order valence-electron chi connectivity index (χ0n) is 19.2. The minimum Gasteiger partial charge on any atom is -0.345 e. The third kappa shape index (κ3) is 5.30. The van der Waals surface area contributed by atoms with Gasteiger partial charge >= 0.3 is 6.18 Å². The van der Waals surface area contributed by atoms with Gasteiger partial charge in [0.2, 0.25) is 11.8 Å². The van der Waals surface area contributed by atoms with Crippen molar-refractivity contribution in [3.05, 3.63) is 41.6 Å². The first-order valence-corrected chi connectivity index (χ1v) is 11.3. The molecular formula is C24H28F3N5O2. The second kappa shape index (κ2) is 10.4. The highest BCUT2D eigenvalue weighted by Crippen LogP contribution is 2.41. The molecule has 0 unspecified atom stereocenters. The quantitative estimate of drug-likeness (QED) is 0.641. The summed E-state index contributed by atoms with van der Waals surface area (Å²) >= 11 is 0. The summed E-state index contributed by atoms with van der Waals surface area (Å²) in [5.74, 6) is -2.37. The van der Waals surface area contributed by atoms with Gasteiger partial charge in [0.15, 0.2) is 0 Å². The molecule has 1 aliphatic heterocycles. The Balaban J connectivity index is 1.99. The van der Waals surface area contributed by atoms with Crippen LogP contribution >= 0.6 is 0 Å². The smallest absolute Gasteiger partial charge is 0.345 e. The molecule has 0 bridgehead atoms. The number of nitrogens with one attached hydrogen (secondary N) is 2. The van der Waals surface area contributed by atoms with Gasteiger partial charge in [-0.15, -0.1) is 0 Å². The minimum atomic E-state index is -4.46. The fourth-order valence-electron chi connectivity index (χ4n) is 4.59. The van der Waals surface area contributed by atoms with E-state index < -0.39 is 23.5 Å². The van der Waals surface area contributed by atoms with Crippen molar-refractivity contribution in [2.24, 2.45) is 5.92 Å². The first-order valence-electron chi connectivity index (χ1n) is 11.3. The van der Waals surface area contributed by atoms with E-state index in [1.165, 1.54) is 12.3 Å². The largest absolute Gasteiger partial charge is 0.393 e. The lowest BCUT2D eigenvalue weighted by Gasteiger charge is -2.43. The number of alkyl halides is 3. The van der Waals surface area contributed by atoms with Gasteiger partial charge in [0.1, 0.15) is 6.07 Å². The Morgan fingerprint density at radius 1 is 1.26 bits per heavy atom. The van der Waals surface area contributed by atoms with Gasteiger partial charge in [-0.3, -0.25) is 14.6 Å². The number of benzene rings is 1. The van der Waals surface area contributed by atoms with E-state index >= 15 is 0 Å². The molecule has 0 aliphatic carbocycles. The molecule has 3 rings (SSSR count). The number of amides is 2. The van der Waals surface area contributed by atoms with E-state index in [1.807, 2.05) is 13.8 Å². The summed E-state index contributed by atoms with van der Waals surface area (Å²) in [6.45, 7) is 4.53. The van der Waals surface area contributed by atoms with Crippen LogP contribution in [0.3, 0.4) is 0 Å². The lowest BCUT2D eigenvalue weighted by atomic mass is 9.76. The molecule has 0 spiro atoms. The molecule has 2 heterocycles. The summed E-state index contributed by atoms with van der Waals surface area (Å²) in [4.78, 5) is 31.1. The highest BCUT2D eigenvalue weighted by molar-refractivity contribution is 5.89. The van der Waals surface area contributed by atoms with Gasteiger partial charge in [0.25, 0.3) is 0 Å². The Labute approximate surface area is 196 Å². The minimum absolute atomic E-state index is 0.0323. The lowest BCUT2D eigenvalue weighted by Crippen LogP contribution is -2.59. The fourth-order valence-corrected chi connectivity index (χ4v) is 4.59. The molecule has 10 heteroatoms. The Hall–Kier alpha value is -3.19. The van der Waals surface area contributed by atoms with Gasteiger partial charge in [0, 0.05) is 50.6 Å². The predicted octanol–water partition coefficient (Wildman–Crippen LogP) is 3.24. The lowest BCUT2D eigenvalue weighted by molar-refractivity contribution is -0.185. The molecule has 1 aromatic carbocycles. The van der Waals surface area contributed by atoms with Crippen LogP contribution in [0.4, 0.5) is 13.2 Å². The molecular weight excluding hydrogens is 447 g/mol. The number of nitrogens with zero attached hydrogens (tertiary/aromatic N) is 3. The molecule has 1 fully saturated rings. The fraction of sp³-hybridized carbons (Fsp3) is 0.500. The molecule has 0 saturated carbocycles. The van der Waals surface area contributed by atoms with Gasteiger partial charge in [0.05, 0.1) is 22.5 Å². The van der Waals surface area contributed by atoms with E-state index in [-0.39, 0.29) is 38.3 Å². The molecule has 1 saturated heterocycles. The van der Waals surface area contributed by atoms with E-state index in [4.69, 9.17) is 0 Å². The van der Waals surface area contributed by atoms with Crippen LogP contribution in [0.1, 0.15) is 44.2 Å². The van der Waals surface area contributed by atoms with Crippen LogP contribution in [0.15, 0.2) is 30.5 Å². The van der Waals surface area contributed by atoms with Crippen LogP contribution in [0.25, 0.3) is 10.9 Å². The van der Waals surface area contributed by atoms with Crippen molar-refractivity contribution in [1.82, 2.24) is 20.5 Å². The van der Waals surface area contributed by atoms with Crippen molar-refractivity contribution in [3.63, 3.8) is 0 Å².